The van der Waals surface area contributed by atoms with Crippen molar-refractivity contribution in [3.05, 3.63) is 65.0 Å². The summed E-state index contributed by atoms with van der Waals surface area (Å²) >= 11 is 5.90. The van der Waals surface area contributed by atoms with Crippen LogP contribution in [0, 0.1) is 11.3 Å². The van der Waals surface area contributed by atoms with E-state index in [0.29, 0.717) is 55.0 Å². The van der Waals surface area contributed by atoms with E-state index in [2.05, 4.69) is 15.0 Å². The third-order valence-electron chi connectivity index (χ3n) is 4.86. The summed E-state index contributed by atoms with van der Waals surface area (Å²) in [6, 6.07) is 15.2. The van der Waals surface area contributed by atoms with E-state index in [0.717, 1.165) is 5.56 Å². The van der Waals surface area contributed by atoms with Gasteiger partial charge in [-0.1, -0.05) is 22.8 Å². The number of halogens is 1. The highest BCUT2D eigenvalue weighted by Gasteiger charge is 2.29. The fourth-order valence-electron chi connectivity index (χ4n) is 3.23. The van der Waals surface area contributed by atoms with E-state index in [-0.39, 0.29) is 4.90 Å². The zero-order valence-electron chi connectivity index (χ0n) is 15.9. The third kappa shape index (κ3) is 4.37. The molecule has 30 heavy (non-hydrogen) atoms. The minimum atomic E-state index is -3.63. The number of hydrogen-bond acceptors (Lipinski definition) is 7. The lowest BCUT2D eigenvalue weighted by atomic mass is 10.2. The second kappa shape index (κ2) is 8.53. The minimum absolute atomic E-state index is 0.138. The van der Waals surface area contributed by atoms with Gasteiger partial charge in [-0.05, 0) is 42.5 Å². The van der Waals surface area contributed by atoms with E-state index in [1.165, 1.54) is 16.4 Å². The Balaban J connectivity index is 1.38. The molecule has 8 nitrogen and oxygen atoms in total. The number of nitrogens with zero attached hydrogens (tertiary/aromatic N) is 5. The van der Waals surface area contributed by atoms with E-state index in [1.54, 1.807) is 24.3 Å². The summed E-state index contributed by atoms with van der Waals surface area (Å²) in [5.74, 6) is 0.957. The first kappa shape index (κ1) is 20.5. The molecule has 0 spiro atoms. The zero-order chi connectivity index (χ0) is 21.1. The number of nitriles is 1. The largest absolute Gasteiger partial charge is 0.338 e. The smallest absolute Gasteiger partial charge is 0.243 e. The zero-order valence-corrected chi connectivity index (χ0v) is 17.5. The maximum atomic E-state index is 12.9. The second-order valence-electron chi connectivity index (χ2n) is 6.84. The van der Waals surface area contributed by atoms with Crippen molar-refractivity contribution in [3.8, 4) is 17.5 Å². The summed E-state index contributed by atoms with van der Waals surface area (Å²) in [4.78, 5) is 6.62. The van der Waals surface area contributed by atoms with Crippen LogP contribution in [0.1, 0.15) is 11.5 Å². The molecule has 154 valence electrons. The van der Waals surface area contributed by atoms with Crippen LogP contribution in [-0.4, -0.2) is 53.9 Å². The van der Waals surface area contributed by atoms with Crippen LogP contribution < -0.4 is 0 Å². The van der Waals surface area contributed by atoms with Crippen LogP contribution in [0.4, 0.5) is 0 Å². The Morgan fingerprint density at radius 1 is 1.10 bits per heavy atom. The number of sulfonamides is 1. The molecule has 2 aromatic carbocycles. The fourth-order valence-corrected chi connectivity index (χ4v) is 4.82. The van der Waals surface area contributed by atoms with E-state index < -0.39 is 10.0 Å². The van der Waals surface area contributed by atoms with Gasteiger partial charge in [0.2, 0.25) is 21.7 Å². The van der Waals surface area contributed by atoms with Crippen LogP contribution in [0.3, 0.4) is 0 Å². The lowest BCUT2D eigenvalue weighted by Gasteiger charge is -2.33. The summed E-state index contributed by atoms with van der Waals surface area (Å²) in [6.07, 6.45) is 0. The lowest BCUT2D eigenvalue weighted by Crippen LogP contribution is -2.48. The van der Waals surface area contributed by atoms with Gasteiger partial charge in [0.25, 0.3) is 0 Å². The monoisotopic (exact) mass is 443 g/mol. The fraction of sp³-hybridized carbons (Fsp3) is 0.250. The van der Waals surface area contributed by atoms with Gasteiger partial charge in [0.1, 0.15) is 0 Å². The molecule has 0 bridgehead atoms. The summed E-state index contributed by atoms with van der Waals surface area (Å²) < 4.78 is 32.5. The maximum Gasteiger partial charge on any atom is 0.243 e. The highest BCUT2D eigenvalue weighted by atomic mass is 35.5. The molecular weight excluding hydrogens is 426 g/mol. The van der Waals surface area contributed by atoms with Crippen molar-refractivity contribution in [1.82, 2.24) is 19.3 Å². The standard InChI is InChI=1S/C20H18ClN5O3S/c21-17-6-4-16(5-7-17)20-23-19(29-24-20)14-25-8-10-26(11-9-25)30(27,28)18-3-1-2-15(12-18)13-22/h1-7,12H,8-11,14H2. The van der Waals surface area contributed by atoms with Crippen molar-refractivity contribution in [2.45, 2.75) is 11.4 Å². The molecular formula is C20H18ClN5O3S. The normalized spacial score (nSPS) is 15.7. The summed E-state index contributed by atoms with van der Waals surface area (Å²) in [5, 5.41) is 13.6. The van der Waals surface area contributed by atoms with E-state index in [4.69, 9.17) is 21.4 Å². The average molecular weight is 444 g/mol. The van der Waals surface area contributed by atoms with Gasteiger partial charge >= 0.3 is 0 Å². The third-order valence-corrected chi connectivity index (χ3v) is 7.01. The van der Waals surface area contributed by atoms with Crippen molar-refractivity contribution < 1.29 is 12.9 Å². The molecule has 3 aromatic rings. The van der Waals surface area contributed by atoms with Gasteiger partial charge in [0.05, 0.1) is 23.1 Å². The highest BCUT2D eigenvalue weighted by Crippen LogP contribution is 2.21. The first-order valence-corrected chi connectivity index (χ1v) is 11.1. The Labute approximate surface area is 179 Å². The van der Waals surface area contributed by atoms with Crippen molar-refractivity contribution in [1.29, 1.82) is 5.26 Å². The Morgan fingerprint density at radius 2 is 1.83 bits per heavy atom. The molecule has 10 heteroatoms. The van der Waals surface area contributed by atoms with Gasteiger partial charge in [-0.2, -0.15) is 14.6 Å². The molecule has 0 amide bonds. The lowest BCUT2D eigenvalue weighted by molar-refractivity contribution is 0.163. The molecule has 0 atom stereocenters. The molecule has 2 heterocycles. The van der Waals surface area contributed by atoms with Crippen molar-refractivity contribution in [2.24, 2.45) is 0 Å². The molecule has 1 fully saturated rings. The molecule has 1 aromatic heterocycles. The van der Waals surface area contributed by atoms with Gasteiger partial charge in [-0.25, -0.2) is 8.42 Å². The Bertz CT molecular complexity index is 1180. The van der Waals surface area contributed by atoms with Crippen LogP contribution in [0.5, 0.6) is 0 Å². The van der Waals surface area contributed by atoms with Gasteiger partial charge in [0.15, 0.2) is 0 Å². The molecule has 0 unspecified atom stereocenters. The Morgan fingerprint density at radius 3 is 2.53 bits per heavy atom. The summed E-state index contributed by atoms with van der Waals surface area (Å²) in [5.41, 5.74) is 1.13. The molecule has 0 aliphatic carbocycles. The molecule has 1 aliphatic heterocycles. The van der Waals surface area contributed by atoms with Gasteiger partial charge < -0.3 is 4.52 Å². The second-order valence-corrected chi connectivity index (χ2v) is 9.21. The van der Waals surface area contributed by atoms with E-state index >= 15 is 0 Å². The number of piperazine rings is 1. The van der Waals surface area contributed by atoms with Crippen LogP contribution in [-0.2, 0) is 16.6 Å². The number of hydrogen-bond donors (Lipinski definition) is 0. The van der Waals surface area contributed by atoms with E-state index in [1.807, 2.05) is 18.2 Å². The number of rotatable bonds is 5. The van der Waals surface area contributed by atoms with Crippen LogP contribution in [0.2, 0.25) is 5.02 Å². The van der Waals surface area contributed by atoms with Gasteiger partial charge in [-0.3, -0.25) is 4.90 Å². The number of aromatic nitrogens is 2. The predicted octanol–water partition coefficient (Wildman–Crippen LogP) is 2.77. The molecule has 0 radical (unpaired) electrons. The van der Waals surface area contributed by atoms with Crippen LogP contribution in [0.25, 0.3) is 11.4 Å². The maximum absolute atomic E-state index is 12.9. The average Bonchev–Trinajstić information content (AvgIpc) is 3.23. The predicted molar refractivity (Wildman–Crippen MR) is 110 cm³/mol. The molecule has 1 aliphatic rings. The molecule has 0 N–H and O–H groups in total. The van der Waals surface area contributed by atoms with Crippen LogP contribution in [0.15, 0.2) is 57.9 Å². The summed E-state index contributed by atoms with van der Waals surface area (Å²) in [7, 11) is -3.63. The Hall–Kier alpha value is -2.77. The van der Waals surface area contributed by atoms with Crippen molar-refractivity contribution in [2.75, 3.05) is 26.2 Å². The Kier molecular flexibility index (Phi) is 5.83. The topological polar surface area (TPSA) is 103 Å². The first-order valence-electron chi connectivity index (χ1n) is 9.27. The van der Waals surface area contributed by atoms with Crippen molar-refractivity contribution >= 4 is 21.6 Å². The van der Waals surface area contributed by atoms with Crippen LogP contribution >= 0.6 is 11.6 Å². The van der Waals surface area contributed by atoms with Crippen molar-refractivity contribution in [3.63, 3.8) is 0 Å². The van der Waals surface area contributed by atoms with Gasteiger partial charge in [0, 0.05) is 36.8 Å². The quantitative estimate of drug-likeness (QED) is 0.597. The molecule has 1 saturated heterocycles. The summed E-state index contributed by atoms with van der Waals surface area (Å²) in [6.45, 7) is 2.21. The van der Waals surface area contributed by atoms with Gasteiger partial charge in [-0.15, -0.1) is 0 Å². The minimum Gasteiger partial charge on any atom is -0.338 e. The highest BCUT2D eigenvalue weighted by molar-refractivity contribution is 7.89. The molecule has 0 saturated carbocycles. The molecule has 4 rings (SSSR count). The SMILES string of the molecule is N#Cc1cccc(S(=O)(=O)N2CCN(Cc3nc(-c4ccc(Cl)cc4)no3)CC2)c1. The first-order chi connectivity index (χ1) is 14.5. The van der Waals surface area contributed by atoms with E-state index in [9.17, 15) is 8.42 Å². The number of benzene rings is 2.